The Morgan fingerprint density at radius 3 is 2.34 bits per heavy atom. The molecule has 10 heteroatoms. The number of ether oxygens (including phenoxy) is 1. The molecule has 0 spiro atoms. The number of aromatic amines is 1. The Morgan fingerprint density at radius 1 is 0.977 bits per heavy atom. The molecule has 0 atom stereocenters. The van der Waals surface area contributed by atoms with Crippen molar-refractivity contribution in [1.29, 1.82) is 0 Å². The van der Waals surface area contributed by atoms with E-state index in [2.05, 4.69) is 15.6 Å². The van der Waals surface area contributed by atoms with Crippen molar-refractivity contribution in [3.8, 4) is 11.4 Å². The SMILES string of the molecule is CC(=O)NCCNc1nc(-c2ccccc2)nc2[nH]c(C(=O)N3C=CC(C(=O)OCC4CCC4)(c4ccccc4)C=C3)cc12. The van der Waals surface area contributed by atoms with Gasteiger partial charge in [-0.1, -0.05) is 67.1 Å². The zero-order chi connectivity index (χ0) is 30.5. The number of carbonyl (C=O) groups excluding carboxylic acids is 3. The standard InChI is InChI=1S/C34H34N6O4/c1-23(41)35-17-18-36-30-27-21-28(37-31(27)39-29(38-30)25-11-4-2-5-12-25)32(42)40-19-15-34(16-20-40,26-13-6-3-7-14-26)33(43)44-22-24-9-8-10-24/h2-7,11-16,19-21,24H,8-10,17-18,22H2,1H3,(H,35,41)(H2,36,37,38,39). The fourth-order valence-electron chi connectivity index (χ4n) is 5.30. The maximum absolute atomic E-state index is 13.7. The fraction of sp³-hybridized carbons (Fsp3) is 0.265. The third kappa shape index (κ3) is 5.96. The molecule has 1 aliphatic heterocycles. The van der Waals surface area contributed by atoms with Gasteiger partial charge in [0.15, 0.2) is 5.82 Å². The first-order chi connectivity index (χ1) is 21.4. The topological polar surface area (TPSA) is 129 Å². The number of hydrogen-bond acceptors (Lipinski definition) is 7. The molecule has 6 rings (SSSR count). The summed E-state index contributed by atoms with van der Waals surface area (Å²) in [5, 5.41) is 6.66. The maximum atomic E-state index is 13.7. The first kappa shape index (κ1) is 28.9. The van der Waals surface area contributed by atoms with Crippen LogP contribution in [0.5, 0.6) is 0 Å². The number of fused-ring (bicyclic) bond motifs is 1. The Kier molecular flexibility index (Phi) is 8.23. The van der Waals surface area contributed by atoms with Crippen molar-refractivity contribution in [3.05, 3.63) is 103 Å². The van der Waals surface area contributed by atoms with Crippen LogP contribution in [0.1, 0.15) is 42.2 Å². The summed E-state index contributed by atoms with van der Waals surface area (Å²) in [4.78, 5) is 52.5. The summed E-state index contributed by atoms with van der Waals surface area (Å²) in [6, 6.07) is 20.7. The Balaban J connectivity index is 1.27. The summed E-state index contributed by atoms with van der Waals surface area (Å²) in [7, 11) is 0. The maximum Gasteiger partial charge on any atom is 0.324 e. The van der Waals surface area contributed by atoms with Crippen LogP contribution >= 0.6 is 0 Å². The lowest BCUT2D eigenvalue weighted by atomic mass is 9.79. The van der Waals surface area contributed by atoms with Crippen molar-refractivity contribution in [3.63, 3.8) is 0 Å². The average Bonchev–Trinajstić information content (AvgIpc) is 3.47. The van der Waals surface area contributed by atoms with Gasteiger partial charge in [0.1, 0.15) is 22.6 Å². The first-order valence-corrected chi connectivity index (χ1v) is 14.8. The molecule has 2 amide bonds. The molecular weight excluding hydrogens is 556 g/mol. The van der Waals surface area contributed by atoms with Crippen LogP contribution in [0.15, 0.2) is 91.3 Å². The molecule has 10 nitrogen and oxygen atoms in total. The average molecular weight is 591 g/mol. The number of rotatable bonds is 10. The number of hydrogen-bond donors (Lipinski definition) is 3. The highest BCUT2D eigenvalue weighted by atomic mass is 16.5. The molecule has 0 unspecified atom stereocenters. The Hall–Kier alpha value is -5.25. The highest BCUT2D eigenvalue weighted by Crippen LogP contribution is 2.35. The summed E-state index contributed by atoms with van der Waals surface area (Å²) in [6.07, 6.45) is 9.98. The van der Waals surface area contributed by atoms with Gasteiger partial charge >= 0.3 is 5.97 Å². The molecule has 4 aromatic rings. The van der Waals surface area contributed by atoms with E-state index in [0.29, 0.717) is 54.0 Å². The summed E-state index contributed by atoms with van der Waals surface area (Å²) in [6.45, 7) is 2.71. The summed E-state index contributed by atoms with van der Waals surface area (Å²) >= 11 is 0. The van der Waals surface area contributed by atoms with Gasteiger partial charge in [-0.15, -0.1) is 0 Å². The van der Waals surface area contributed by atoms with E-state index in [1.54, 1.807) is 30.6 Å². The number of nitrogens with zero attached hydrogens (tertiary/aromatic N) is 3. The number of aromatic nitrogens is 3. The summed E-state index contributed by atoms with van der Waals surface area (Å²) in [5.74, 6) is 0.636. The van der Waals surface area contributed by atoms with Gasteiger partial charge in [0.05, 0.1) is 12.0 Å². The number of esters is 1. The van der Waals surface area contributed by atoms with E-state index in [1.165, 1.54) is 18.2 Å². The minimum Gasteiger partial charge on any atom is -0.464 e. The van der Waals surface area contributed by atoms with E-state index in [-0.39, 0.29) is 17.8 Å². The molecule has 2 aromatic carbocycles. The van der Waals surface area contributed by atoms with Gasteiger partial charge in [0, 0.05) is 38.0 Å². The summed E-state index contributed by atoms with van der Waals surface area (Å²) in [5.41, 5.74) is 1.25. The molecule has 3 heterocycles. The molecule has 224 valence electrons. The molecule has 0 saturated heterocycles. The van der Waals surface area contributed by atoms with E-state index >= 15 is 0 Å². The minimum absolute atomic E-state index is 0.121. The van der Waals surface area contributed by atoms with Crippen LogP contribution in [0.4, 0.5) is 5.82 Å². The molecule has 0 bridgehead atoms. The lowest BCUT2D eigenvalue weighted by Gasteiger charge is -2.32. The smallest absolute Gasteiger partial charge is 0.324 e. The van der Waals surface area contributed by atoms with Crippen LogP contribution in [0.2, 0.25) is 0 Å². The lowest BCUT2D eigenvalue weighted by Crippen LogP contribution is -2.38. The first-order valence-electron chi connectivity index (χ1n) is 14.8. The molecule has 2 aliphatic rings. The second kappa shape index (κ2) is 12.5. The highest BCUT2D eigenvalue weighted by molar-refractivity contribution is 6.01. The molecule has 3 N–H and O–H groups in total. The molecule has 1 fully saturated rings. The molecule has 0 radical (unpaired) electrons. The lowest BCUT2D eigenvalue weighted by molar-refractivity contribution is -0.149. The van der Waals surface area contributed by atoms with Gasteiger partial charge in [-0.2, -0.15) is 0 Å². The van der Waals surface area contributed by atoms with Crippen molar-refractivity contribution < 1.29 is 19.1 Å². The predicted molar refractivity (Wildman–Crippen MR) is 167 cm³/mol. The van der Waals surface area contributed by atoms with Crippen molar-refractivity contribution >= 4 is 34.6 Å². The van der Waals surface area contributed by atoms with E-state index in [9.17, 15) is 14.4 Å². The number of anilines is 1. The van der Waals surface area contributed by atoms with Crippen molar-refractivity contribution in [1.82, 2.24) is 25.2 Å². The van der Waals surface area contributed by atoms with Crippen LogP contribution in [0.25, 0.3) is 22.4 Å². The van der Waals surface area contributed by atoms with Crippen LogP contribution in [-0.2, 0) is 19.7 Å². The molecule has 1 aliphatic carbocycles. The zero-order valence-electron chi connectivity index (χ0n) is 24.5. The van der Waals surface area contributed by atoms with Gasteiger partial charge in [-0.25, -0.2) is 9.97 Å². The van der Waals surface area contributed by atoms with Crippen molar-refractivity contribution in [2.75, 3.05) is 25.0 Å². The Bertz CT molecular complexity index is 1710. The van der Waals surface area contributed by atoms with E-state index < -0.39 is 5.41 Å². The van der Waals surface area contributed by atoms with Gasteiger partial charge in [-0.05, 0) is 42.5 Å². The molecule has 44 heavy (non-hydrogen) atoms. The second-order valence-electron chi connectivity index (χ2n) is 11.1. The Labute approximate surface area is 255 Å². The monoisotopic (exact) mass is 590 g/mol. The number of amides is 2. The van der Waals surface area contributed by atoms with E-state index in [0.717, 1.165) is 24.0 Å². The largest absolute Gasteiger partial charge is 0.464 e. The predicted octanol–water partition coefficient (Wildman–Crippen LogP) is 4.94. The molecule has 2 aromatic heterocycles. The van der Waals surface area contributed by atoms with Gasteiger partial charge in [0.2, 0.25) is 5.91 Å². The van der Waals surface area contributed by atoms with Gasteiger partial charge < -0.3 is 20.4 Å². The van der Waals surface area contributed by atoms with Gasteiger partial charge in [-0.3, -0.25) is 19.3 Å². The van der Waals surface area contributed by atoms with Crippen molar-refractivity contribution in [2.24, 2.45) is 5.92 Å². The Morgan fingerprint density at radius 2 is 1.68 bits per heavy atom. The third-order valence-electron chi connectivity index (χ3n) is 8.04. The number of H-pyrrole nitrogens is 1. The van der Waals surface area contributed by atoms with Crippen LogP contribution < -0.4 is 10.6 Å². The molecular formula is C34H34N6O4. The number of nitrogens with one attached hydrogen (secondary N) is 3. The number of benzene rings is 2. The zero-order valence-corrected chi connectivity index (χ0v) is 24.5. The van der Waals surface area contributed by atoms with Gasteiger partial charge in [0.25, 0.3) is 5.91 Å². The van der Waals surface area contributed by atoms with Crippen molar-refractivity contribution in [2.45, 2.75) is 31.6 Å². The highest BCUT2D eigenvalue weighted by Gasteiger charge is 2.40. The van der Waals surface area contributed by atoms with Crippen LogP contribution in [0.3, 0.4) is 0 Å². The number of carbonyl (C=O) groups is 3. The second-order valence-corrected chi connectivity index (χ2v) is 11.1. The van der Waals surface area contributed by atoms with Crippen LogP contribution in [-0.4, -0.2) is 57.3 Å². The van der Waals surface area contributed by atoms with E-state index in [1.807, 2.05) is 60.7 Å². The third-order valence-corrected chi connectivity index (χ3v) is 8.04. The van der Waals surface area contributed by atoms with E-state index in [4.69, 9.17) is 14.7 Å². The minimum atomic E-state index is -1.14. The quantitative estimate of drug-likeness (QED) is 0.176. The van der Waals surface area contributed by atoms with Crippen LogP contribution in [0, 0.1) is 5.92 Å². The summed E-state index contributed by atoms with van der Waals surface area (Å²) < 4.78 is 5.78. The molecule has 1 saturated carbocycles. The normalized spacial score (nSPS) is 15.5. The fourth-order valence-corrected chi connectivity index (χ4v) is 5.30.